The summed E-state index contributed by atoms with van der Waals surface area (Å²) in [6.07, 6.45) is 2.60. The Morgan fingerprint density at radius 2 is 1.76 bits per heavy atom. The molecule has 136 valence electrons. The van der Waals surface area contributed by atoms with Gasteiger partial charge in [0.25, 0.3) is 5.56 Å². The third-order valence-corrected chi connectivity index (χ3v) is 5.13. The number of imidazole rings is 1. The summed E-state index contributed by atoms with van der Waals surface area (Å²) in [4.78, 5) is 43.6. The first-order chi connectivity index (χ1) is 11.7. The lowest BCUT2D eigenvalue weighted by atomic mass is 9.91. The zero-order chi connectivity index (χ0) is 18.5. The molecule has 1 aliphatic heterocycles. The van der Waals surface area contributed by atoms with Gasteiger partial charge in [0.05, 0.1) is 6.33 Å². The highest BCUT2D eigenvalue weighted by Crippen LogP contribution is 2.24. The Labute approximate surface area is 145 Å². The number of rotatable bonds is 2. The highest BCUT2D eigenvalue weighted by Gasteiger charge is 2.30. The summed E-state index contributed by atoms with van der Waals surface area (Å²) in [7, 11) is 3.00. The topological polar surface area (TPSA) is 82.1 Å². The van der Waals surface area contributed by atoms with Crippen molar-refractivity contribution in [3.63, 3.8) is 0 Å². The molecule has 25 heavy (non-hydrogen) atoms. The van der Waals surface area contributed by atoms with E-state index in [0.29, 0.717) is 17.5 Å². The normalized spacial score (nSPS) is 22.4. The summed E-state index contributed by atoms with van der Waals surface area (Å²) in [6.45, 7) is 7.54. The number of aromatic nitrogens is 4. The van der Waals surface area contributed by atoms with Gasteiger partial charge >= 0.3 is 5.69 Å². The van der Waals surface area contributed by atoms with E-state index >= 15 is 0 Å². The number of hydrogen-bond acceptors (Lipinski definition) is 4. The van der Waals surface area contributed by atoms with Crippen LogP contribution in [0.2, 0.25) is 0 Å². The average molecular weight is 347 g/mol. The molecule has 3 heterocycles. The molecular formula is C17H25N5O3. The van der Waals surface area contributed by atoms with Crippen molar-refractivity contribution in [2.24, 2.45) is 25.9 Å². The van der Waals surface area contributed by atoms with Crippen LogP contribution in [0, 0.1) is 11.8 Å². The summed E-state index contributed by atoms with van der Waals surface area (Å²) in [5.41, 5.74) is -0.285. The standard InChI is InChI=1S/C17H25N5O3/c1-10-6-11(2)8-21(7-10)15(23)12(3)22-9-18-14-13(22)16(24)20(5)17(25)19(14)4/h9-12H,6-8H2,1-5H3. The lowest BCUT2D eigenvalue weighted by Crippen LogP contribution is -2.45. The molecule has 3 atom stereocenters. The SMILES string of the molecule is CC1CC(C)CN(C(=O)C(C)n2cnc3c2c(=O)n(C)c(=O)n3C)C1. The van der Waals surface area contributed by atoms with Crippen molar-refractivity contribution >= 4 is 17.1 Å². The number of piperidine rings is 1. The number of carbonyl (C=O) groups is 1. The van der Waals surface area contributed by atoms with Crippen LogP contribution in [0.1, 0.15) is 33.2 Å². The van der Waals surface area contributed by atoms with Gasteiger partial charge in [0, 0.05) is 27.2 Å². The first-order valence-corrected chi connectivity index (χ1v) is 8.63. The van der Waals surface area contributed by atoms with Crippen molar-refractivity contribution in [3.05, 3.63) is 27.2 Å². The van der Waals surface area contributed by atoms with Crippen LogP contribution in [0.5, 0.6) is 0 Å². The number of amides is 1. The molecule has 0 bridgehead atoms. The Morgan fingerprint density at radius 3 is 2.36 bits per heavy atom. The van der Waals surface area contributed by atoms with Crippen molar-refractivity contribution < 1.29 is 4.79 Å². The van der Waals surface area contributed by atoms with Gasteiger partial charge in [-0.25, -0.2) is 9.78 Å². The fourth-order valence-corrected chi connectivity index (χ4v) is 3.88. The molecule has 0 saturated carbocycles. The fourth-order valence-electron chi connectivity index (χ4n) is 3.88. The van der Waals surface area contributed by atoms with Crippen molar-refractivity contribution in [1.29, 1.82) is 0 Å². The molecule has 1 saturated heterocycles. The monoisotopic (exact) mass is 347 g/mol. The van der Waals surface area contributed by atoms with Gasteiger partial charge in [0.2, 0.25) is 5.91 Å². The Bertz CT molecular complexity index is 928. The van der Waals surface area contributed by atoms with Crippen LogP contribution in [0.15, 0.2) is 15.9 Å². The molecule has 0 spiro atoms. The fraction of sp³-hybridized carbons (Fsp3) is 0.647. The Hall–Kier alpha value is -2.38. The molecule has 8 nitrogen and oxygen atoms in total. The maximum absolute atomic E-state index is 13.0. The second-order valence-electron chi connectivity index (χ2n) is 7.40. The summed E-state index contributed by atoms with van der Waals surface area (Å²) >= 11 is 0. The minimum Gasteiger partial charge on any atom is -0.340 e. The lowest BCUT2D eigenvalue weighted by Gasteiger charge is -2.36. The molecule has 0 radical (unpaired) electrons. The molecule has 1 amide bonds. The van der Waals surface area contributed by atoms with E-state index in [1.165, 1.54) is 17.9 Å². The average Bonchev–Trinajstić information content (AvgIpc) is 3.01. The van der Waals surface area contributed by atoms with Crippen LogP contribution < -0.4 is 11.2 Å². The second kappa shape index (κ2) is 6.16. The van der Waals surface area contributed by atoms with Gasteiger partial charge < -0.3 is 9.47 Å². The highest BCUT2D eigenvalue weighted by molar-refractivity contribution is 5.82. The van der Waals surface area contributed by atoms with Crippen LogP contribution in [-0.4, -0.2) is 42.6 Å². The van der Waals surface area contributed by atoms with Crippen LogP contribution in [0.4, 0.5) is 0 Å². The van der Waals surface area contributed by atoms with E-state index in [9.17, 15) is 14.4 Å². The quantitative estimate of drug-likeness (QED) is 0.792. The molecule has 3 rings (SSSR count). The number of carbonyl (C=O) groups excluding carboxylic acids is 1. The highest BCUT2D eigenvalue weighted by atomic mass is 16.2. The maximum atomic E-state index is 13.0. The van der Waals surface area contributed by atoms with Crippen molar-refractivity contribution in [2.75, 3.05) is 13.1 Å². The van der Waals surface area contributed by atoms with Gasteiger partial charge in [-0.3, -0.25) is 18.7 Å². The van der Waals surface area contributed by atoms with Gasteiger partial charge in [-0.15, -0.1) is 0 Å². The number of likely N-dealkylation sites (tertiary alicyclic amines) is 1. The molecule has 8 heteroatoms. The molecular weight excluding hydrogens is 322 g/mol. The largest absolute Gasteiger partial charge is 0.340 e. The Morgan fingerprint density at radius 1 is 1.16 bits per heavy atom. The van der Waals surface area contributed by atoms with Gasteiger partial charge in [0.1, 0.15) is 6.04 Å². The summed E-state index contributed by atoms with van der Waals surface area (Å²) in [5, 5.41) is 0. The van der Waals surface area contributed by atoms with Crippen molar-refractivity contribution in [2.45, 2.75) is 33.2 Å². The first-order valence-electron chi connectivity index (χ1n) is 8.63. The van der Waals surface area contributed by atoms with E-state index in [1.54, 1.807) is 18.5 Å². The van der Waals surface area contributed by atoms with Gasteiger partial charge in [-0.2, -0.15) is 0 Å². The van der Waals surface area contributed by atoms with Gasteiger partial charge in [0.15, 0.2) is 11.2 Å². The van der Waals surface area contributed by atoms with E-state index < -0.39 is 17.3 Å². The van der Waals surface area contributed by atoms with Crippen LogP contribution >= 0.6 is 0 Å². The van der Waals surface area contributed by atoms with E-state index in [4.69, 9.17) is 0 Å². The van der Waals surface area contributed by atoms with Crippen LogP contribution in [0.25, 0.3) is 11.2 Å². The van der Waals surface area contributed by atoms with Crippen molar-refractivity contribution in [1.82, 2.24) is 23.6 Å². The first kappa shape index (κ1) is 17.4. The maximum Gasteiger partial charge on any atom is 0.332 e. The number of nitrogens with zero attached hydrogens (tertiary/aromatic N) is 5. The second-order valence-corrected chi connectivity index (χ2v) is 7.40. The number of hydrogen-bond donors (Lipinski definition) is 0. The number of fused-ring (bicyclic) bond motifs is 1. The minimum atomic E-state index is -0.548. The van der Waals surface area contributed by atoms with Gasteiger partial charge in [-0.05, 0) is 25.2 Å². The molecule has 0 aliphatic carbocycles. The van der Waals surface area contributed by atoms with E-state index in [2.05, 4.69) is 18.8 Å². The predicted octanol–water partition coefficient (Wildman–Crippen LogP) is 0.499. The van der Waals surface area contributed by atoms with E-state index in [0.717, 1.165) is 24.1 Å². The smallest absolute Gasteiger partial charge is 0.332 e. The lowest BCUT2D eigenvalue weighted by molar-refractivity contribution is -0.136. The molecule has 2 aromatic rings. The molecule has 2 aromatic heterocycles. The molecule has 1 aliphatic rings. The summed E-state index contributed by atoms with van der Waals surface area (Å²) in [6, 6.07) is -0.548. The zero-order valence-electron chi connectivity index (χ0n) is 15.4. The minimum absolute atomic E-state index is 0.0198. The Kier molecular flexibility index (Phi) is 4.30. The van der Waals surface area contributed by atoms with Crippen LogP contribution in [-0.2, 0) is 18.9 Å². The van der Waals surface area contributed by atoms with Gasteiger partial charge in [-0.1, -0.05) is 13.8 Å². The summed E-state index contributed by atoms with van der Waals surface area (Å²) < 4.78 is 3.96. The predicted molar refractivity (Wildman–Crippen MR) is 94.5 cm³/mol. The molecule has 1 fully saturated rings. The van der Waals surface area contributed by atoms with E-state index in [-0.39, 0.29) is 11.4 Å². The molecule has 0 N–H and O–H groups in total. The van der Waals surface area contributed by atoms with E-state index in [1.807, 2.05) is 4.90 Å². The van der Waals surface area contributed by atoms with Crippen LogP contribution in [0.3, 0.4) is 0 Å². The zero-order valence-corrected chi connectivity index (χ0v) is 15.4. The van der Waals surface area contributed by atoms with Crippen molar-refractivity contribution in [3.8, 4) is 0 Å². The molecule has 3 unspecified atom stereocenters. The third kappa shape index (κ3) is 2.79. The number of aryl methyl sites for hydroxylation is 1. The summed E-state index contributed by atoms with van der Waals surface area (Å²) in [5.74, 6) is 0.912. The molecule has 0 aromatic carbocycles. The Balaban J connectivity index is 2.03. The third-order valence-electron chi connectivity index (χ3n) is 5.13.